The Kier molecular flexibility index (Phi) is 2.20. The van der Waals surface area contributed by atoms with Gasteiger partial charge in [0, 0.05) is 0 Å². The molecule has 78 valence electrons. The van der Waals surface area contributed by atoms with Crippen LogP contribution in [0, 0.1) is 0 Å². The number of imide groups is 1. The third-order valence-corrected chi connectivity index (χ3v) is 3.25. The van der Waals surface area contributed by atoms with Gasteiger partial charge in [-0.25, -0.2) is 9.59 Å². The maximum absolute atomic E-state index is 12.1. The molecule has 2 rings (SSSR count). The Hall–Kier alpha value is -1.48. The van der Waals surface area contributed by atoms with E-state index < -0.39 is 0 Å². The van der Waals surface area contributed by atoms with Crippen molar-refractivity contribution in [3.63, 3.8) is 0 Å². The van der Waals surface area contributed by atoms with Crippen molar-refractivity contribution in [3.05, 3.63) is 35.4 Å². The van der Waals surface area contributed by atoms with Gasteiger partial charge in [-0.3, -0.25) is 0 Å². The quantitative estimate of drug-likeness (QED) is 0.544. The highest BCUT2D eigenvalue weighted by atomic mass is 16.2. The Morgan fingerprint density at radius 1 is 0.933 bits per heavy atom. The molecule has 0 aliphatic carbocycles. The molecule has 0 fully saturated rings. The number of amides is 2. The second-order valence-electron chi connectivity index (χ2n) is 3.76. The molecule has 1 heterocycles. The minimum Gasteiger partial charge on any atom is -0.225 e. The summed E-state index contributed by atoms with van der Waals surface area (Å²) >= 11 is 0. The topological polar surface area (TPSA) is 34.1 Å². The van der Waals surface area contributed by atoms with E-state index in [1.807, 2.05) is 13.8 Å². The largest absolute Gasteiger partial charge is 0.354 e. The third-order valence-electron chi connectivity index (χ3n) is 3.25. The second-order valence-corrected chi connectivity index (χ2v) is 3.76. The number of rotatable bonds is 2. The highest BCUT2D eigenvalue weighted by Crippen LogP contribution is 2.29. The number of carbonyl (C=O) groups excluding carboxylic acids is 2. The zero-order valence-corrected chi connectivity index (χ0v) is 8.99. The Labute approximate surface area is 88.9 Å². The van der Waals surface area contributed by atoms with Crippen LogP contribution in [0.25, 0.3) is 0 Å². The van der Waals surface area contributed by atoms with Gasteiger partial charge >= 0.3 is 11.8 Å². The third kappa shape index (κ3) is 1.10. The fraction of sp³-hybridized carbons (Fsp3) is 0.333. The van der Waals surface area contributed by atoms with Crippen LogP contribution in [0.5, 0.6) is 0 Å². The Morgan fingerprint density at radius 3 is 1.67 bits per heavy atom. The molecule has 3 heteroatoms. The molecule has 0 unspecified atom stereocenters. The first-order chi connectivity index (χ1) is 7.17. The molecule has 0 radical (unpaired) electrons. The van der Waals surface area contributed by atoms with Crippen LogP contribution < -0.4 is 0 Å². The molecule has 0 N–H and O–H groups in total. The Balaban J connectivity index is 2.63. The number of carbonyl (C=O) groups is 2. The summed E-state index contributed by atoms with van der Waals surface area (Å²) in [6.45, 7) is 4.82. The van der Waals surface area contributed by atoms with Crippen molar-refractivity contribution >= 4 is 11.8 Å². The normalized spacial score (nSPS) is 18.0. The lowest BCUT2D eigenvalue weighted by Gasteiger charge is -2.25. The van der Waals surface area contributed by atoms with Crippen molar-refractivity contribution in [2.24, 2.45) is 0 Å². The minimum absolute atomic E-state index is 0.0550. The Morgan fingerprint density at radius 2 is 1.33 bits per heavy atom. The summed E-state index contributed by atoms with van der Waals surface area (Å²) in [5.74, 6) is -0.110. The van der Waals surface area contributed by atoms with Crippen molar-refractivity contribution in [3.8, 4) is 0 Å². The summed E-state index contributed by atoms with van der Waals surface area (Å²) in [6, 6.07) is 7.08. The van der Waals surface area contributed by atoms with E-state index in [0.717, 1.165) is 0 Å². The number of quaternary nitrogens is 1. The van der Waals surface area contributed by atoms with E-state index in [4.69, 9.17) is 0 Å². The molecule has 1 aromatic carbocycles. The van der Waals surface area contributed by atoms with Crippen LogP contribution in [0.4, 0.5) is 0 Å². The molecule has 0 bridgehead atoms. The number of fused-ring (bicyclic) bond motifs is 1. The first-order valence-corrected chi connectivity index (χ1v) is 5.23. The molecule has 0 atom stereocenters. The SMILES string of the molecule is CC[N+]1(CC)C(=O)c2ccccc2C1=O. The number of hydrogen-bond acceptors (Lipinski definition) is 2. The van der Waals surface area contributed by atoms with Crippen molar-refractivity contribution < 1.29 is 14.1 Å². The highest BCUT2D eigenvalue weighted by Gasteiger charge is 2.51. The molecule has 1 aliphatic heterocycles. The zero-order valence-electron chi connectivity index (χ0n) is 8.99. The number of benzene rings is 1. The fourth-order valence-electron chi connectivity index (χ4n) is 2.21. The smallest absolute Gasteiger partial charge is 0.225 e. The summed E-state index contributed by atoms with van der Waals surface area (Å²) in [6.07, 6.45) is 0. The van der Waals surface area contributed by atoms with Crippen LogP contribution in [-0.2, 0) is 0 Å². The van der Waals surface area contributed by atoms with Crippen LogP contribution in [0.1, 0.15) is 34.6 Å². The van der Waals surface area contributed by atoms with Crippen LogP contribution in [0.2, 0.25) is 0 Å². The maximum Gasteiger partial charge on any atom is 0.354 e. The van der Waals surface area contributed by atoms with E-state index in [-0.39, 0.29) is 16.3 Å². The van der Waals surface area contributed by atoms with Gasteiger partial charge in [0.2, 0.25) is 0 Å². The molecule has 2 amide bonds. The van der Waals surface area contributed by atoms with Gasteiger partial charge in [0.15, 0.2) is 0 Å². The standard InChI is InChI=1S/C12H14NO2/c1-3-13(4-2)11(14)9-7-5-6-8-10(9)12(13)15/h5-8H,3-4H2,1-2H3/q+1. The summed E-state index contributed by atoms with van der Waals surface area (Å²) in [5.41, 5.74) is 1.15. The van der Waals surface area contributed by atoms with Gasteiger partial charge in [-0.05, 0) is 26.0 Å². The van der Waals surface area contributed by atoms with Crippen molar-refractivity contribution in [2.75, 3.05) is 13.1 Å². The second kappa shape index (κ2) is 3.28. The minimum atomic E-state index is -0.0562. The van der Waals surface area contributed by atoms with Gasteiger partial charge < -0.3 is 0 Å². The van der Waals surface area contributed by atoms with Crippen LogP contribution in [0.3, 0.4) is 0 Å². The van der Waals surface area contributed by atoms with Gasteiger partial charge in [-0.2, -0.15) is 4.48 Å². The lowest BCUT2D eigenvalue weighted by Crippen LogP contribution is -2.52. The molecule has 0 aromatic heterocycles. The lowest BCUT2D eigenvalue weighted by molar-refractivity contribution is -0.758. The average Bonchev–Trinajstić information content (AvgIpc) is 2.51. The van der Waals surface area contributed by atoms with E-state index in [9.17, 15) is 9.59 Å². The number of hydrogen-bond donors (Lipinski definition) is 0. The molecule has 0 saturated carbocycles. The van der Waals surface area contributed by atoms with Crippen molar-refractivity contribution in [2.45, 2.75) is 13.8 Å². The molecule has 3 nitrogen and oxygen atoms in total. The van der Waals surface area contributed by atoms with Gasteiger partial charge in [0.25, 0.3) is 0 Å². The van der Waals surface area contributed by atoms with Gasteiger partial charge in [0.05, 0.1) is 24.2 Å². The summed E-state index contributed by atoms with van der Waals surface area (Å²) in [7, 11) is 0. The first kappa shape index (κ1) is 10.1. The summed E-state index contributed by atoms with van der Waals surface area (Å²) in [4.78, 5) is 24.3. The van der Waals surface area contributed by atoms with Crippen molar-refractivity contribution in [1.29, 1.82) is 0 Å². The van der Waals surface area contributed by atoms with E-state index >= 15 is 0 Å². The zero-order chi connectivity index (χ0) is 11.1. The molecule has 0 spiro atoms. The van der Waals surface area contributed by atoms with Crippen molar-refractivity contribution in [1.82, 2.24) is 0 Å². The molecule has 0 saturated heterocycles. The monoisotopic (exact) mass is 204 g/mol. The fourth-order valence-corrected chi connectivity index (χ4v) is 2.21. The van der Waals surface area contributed by atoms with Gasteiger partial charge in [-0.15, -0.1) is 0 Å². The molecular weight excluding hydrogens is 190 g/mol. The molecule has 1 aliphatic rings. The highest BCUT2D eigenvalue weighted by molar-refractivity contribution is 6.13. The van der Waals surface area contributed by atoms with Gasteiger partial charge in [0.1, 0.15) is 0 Å². The molecule has 1 aromatic rings. The van der Waals surface area contributed by atoms with E-state index in [1.165, 1.54) is 0 Å². The van der Waals surface area contributed by atoms with Crippen LogP contribution in [-0.4, -0.2) is 29.4 Å². The lowest BCUT2D eigenvalue weighted by atomic mass is 10.1. The van der Waals surface area contributed by atoms with E-state index in [0.29, 0.717) is 24.2 Å². The van der Waals surface area contributed by atoms with E-state index in [1.54, 1.807) is 24.3 Å². The van der Waals surface area contributed by atoms with Crippen LogP contribution in [0.15, 0.2) is 24.3 Å². The van der Waals surface area contributed by atoms with Gasteiger partial charge in [-0.1, -0.05) is 12.1 Å². The maximum atomic E-state index is 12.1. The first-order valence-electron chi connectivity index (χ1n) is 5.23. The van der Waals surface area contributed by atoms with E-state index in [2.05, 4.69) is 0 Å². The predicted molar refractivity (Wildman–Crippen MR) is 56.4 cm³/mol. The summed E-state index contributed by atoms with van der Waals surface area (Å²) in [5, 5.41) is 0. The Bertz CT molecular complexity index is 396. The predicted octanol–water partition coefficient (Wildman–Crippen LogP) is 1.84. The molecular formula is C12H14NO2+. The summed E-state index contributed by atoms with van der Waals surface area (Å²) < 4.78 is -0.0562. The number of nitrogens with zero attached hydrogens (tertiary/aromatic N) is 1. The van der Waals surface area contributed by atoms with Crippen LogP contribution >= 0.6 is 0 Å². The average molecular weight is 204 g/mol. The molecule has 15 heavy (non-hydrogen) atoms.